The van der Waals surface area contributed by atoms with Crippen LogP contribution in [0.4, 0.5) is 0 Å². The number of carbonyl (C=O) groups is 1. The molecule has 1 aliphatic heterocycles. The lowest BCUT2D eigenvalue weighted by Crippen LogP contribution is -2.37. The van der Waals surface area contributed by atoms with Crippen molar-refractivity contribution >= 4 is 17.4 Å². The van der Waals surface area contributed by atoms with E-state index in [0.717, 1.165) is 25.1 Å². The minimum Gasteiger partial charge on any atom is -0.292 e. The van der Waals surface area contributed by atoms with E-state index in [1.54, 1.807) is 0 Å². The lowest BCUT2D eigenvalue weighted by atomic mass is 10.0. The molecular formula is C13H16ClNO. The zero-order valence-corrected chi connectivity index (χ0v) is 10.2. The summed E-state index contributed by atoms with van der Waals surface area (Å²) in [5.41, 5.74) is 0.785. The summed E-state index contributed by atoms with van der Waals surface area (Å²) in [5.74, 6) is 0.186. The molecule has 1 aromatic carbocycles. The van der Waals surface area contributed by atoms with Gasteiger partial charge in [0.05, 0.1) is 6.04 Å². The quantitative estimate of drug-likeness (QED) is 0.595. The van der Waals surface area contributed by atoms with Crippen LogP contribution in [-0.4, -0.2) is 35.2 Å². The number of hydrogen-bond donors (Lipinski definition) is 0. The van der Waals surface area contributed by atoms with Crippen molar-refractivity contribution in [3.8, 4) is 0 Å². The molecule has 0 radical (unpaired) electrons. The van der Waals surface area contributed by atoms with Crippen molar-refractivity contribution < 1.29 is 4.79 Å². The number of rotatable bonds is 3. The van der Waals surface area contributed by atoms with Gasteiger partial charge >= 0.3 is 0 Å². The number of benzene rings is 1. The van der Waals surface area contributed by atoms with Crippen molar-refractivity contribution in [1.29, 1.82) is 0 Å². The highest BCUT2D eigenvalue weighted by molar-refractivity contribution is 6.21. The molecule has 1 saturated heterocycles. The third kappa shape index (κ3) is 2.45. The van der Waals surface area contributed by atoms with Crippen LogP contribution in [0, 0.1) is 0 Å². The van der Waals surface area contributed by atoms with Gasteiger partial charge < -0.3 is 0 Å². The molecule has 16 heavy (non-hydrogen) atoms. The van der Waals surface area contributed by atoms with Gasteiger partial charge in [-0.1, -0.05) is 30.3 Å². The normalized spacial score (nSPS) is 23.2. The van der Waals surface area contributed by atoms with E-state index in [4.69, 9.17) is 11.6 Å². The van der Waals surface area contributed by atoms with Crippen LogP contribution < -0.4 is 0 Å². The fourth-order valence-corrected chi connectivity index (χ4v) is 2.38. The molecule has 2 rings (SSSR count). The summed E-state index contributed by atoms with van der Waals surface area (Å²) in [4.78, 5) is 14.3. The van der Waals surface area contributed by atoms with E-state index in [1.807, 2.05) is 37.3 Å². The second-order valence-electron chi connectivity index (χ2n) is 4.29. The van der Waals surface area contributed by atoms with Crippen molar-refractivity contribution in [2.75, 3.05) is 13.1 Å². The van der Waals surface area contributed by atoms with Crippen molar-refractivity contribution in [3.05, 3.63) is 35.9 Å². The predicted molar refractivity (Wildman–Crippen MR) is 66.1 cm³/mol. The maximum Gasteiger partial charge on any atom is 0.179 e. The molecule has 2 nitrogen and oxygen atoms in total. The second-order valence-corrected chi connectivity index (χ2v) is 4.90. The molecule has 1 fully saturated rings. The van der Waals surface area contributed by atoms with Gasteiger partial charge in [0.15, 0.2) is 5.78 Å². The lowest BCUT2D eigenvalue weighted by molar-refractivity contribution is 0.0867. The minimum absolute atomic E-state index is 0.0638. The van der Waals surface area contributed by atoms with Gasteiger partial charge in [0.2, 0.25) is 0 Å². The summed E-state index contributed by atoms with van der Waals surface area (Å²) >= 11 is 6.05. The molecule has 2 atom stereocenters. The van der Waals surface area contributed by atoms with Gasteiger partial charge in [-0.15, -0.1) is 11.6 Å². The van der Waals surface area contributed by atoms with Gasteiger partial charge in [-0.3, -0.25) is 9.69 Å². The maximum absolute atomic E-state index is 12.2. The average molecular weight is 238 g/mol. The number of halogens is 1. The molecule has 0 N–H and O–H groups in total. The van der Waals surface area contributed by atoms with Crippen LogP contribution in [0.25, 0.3) is 0 Å². The molecule has 2 unspecified atom stereocenters. The van der Waals surface area contributed by atoms with Crippen LogP contribution in [-0.2, 0) is 0 Å². The minimum atomic E-state index is -0.0638. The van der Waals surface area contributed by atoms with Crippen LogP contribution in [0.5, 0.6) is 0 Å². The van der Waals surface area contributed by atoms with Crippen LogP contribution in [0.3, 0.4) is 0 Å². The predicted octanol–water partition coefficient (Wildman–Crippen LogP) is 2.57. The lowest BCUT2D eigenvalue weighted by Gasteiger charge is -2.22. The van der Waals surface area contributed by atoms with Crippen molar-refractivity contribution in [3.63, 3.8) is 0 Å². The van der Waals surface area contributed by atoms with Crippen LogP contribution >= 0.6 is 11.6 Å². The summed E-state index contributed by atoms with van der Waals surface area (Å²) in [6.45, 7) is 3.71. The summed E-state index contributed by atoms with van der Waals surface area (Å²) in [6, 6.07) is 9.39. The molecule has 0 aromatic heterocycles. The molecule has 1 heterocycles. The third-order valence-corrected chi connectivity index (χ3v) is 3.50. The highest BCUT2D eigenvalue weighted by Crippen LogP contribution is 2.19. The van der Waals surface area contributed by atoms with E-state index in [2.05, 4.69) is 4.90 Å². The fraction of sp³-hybridized carbons (Fsp3) is 0.462. The van der Waals surface area contributed by atoms with Gasteiger partial charge in [0.1, 0.15) is 0 Å². The van der Waals surface area contributed by atoms with Crippen molar-refractivity contribution in [2.45, 2.75) is 24.8 Å². The molecule has 0 amide bonds. The Morgan fingerprint density at radius 3 is 2.69 bits per heavy atom. The Kier molecular flexibility index (Phi) is 3.62. The van der Waals surface area contributed by atoms with E-state index >= 15 is 0 Å². The number of Topliss-reactive ketones (excluding diaryl/α,β-unsaturated/α-hetero) is 1. The van der Waals surface area contributed by atoms with Gasteiger partial charge in [-0.2, -0.15) is 0 Å². The zero-order chi connectivity index (χ0) is 11.5. The summed E-state index contributed by atoms with van der Waals surface area (Å²) in [7, 11) is 0. The highest BCUT2D eigenvalue weighted by Gasteiger charge is 2.28. The van der Waals surface area contributed by atoms with E-state index in [0.29, 0.717) is 0 Å². The first-order chi connectivity index (χ1) is 7.68. The zero-order valence-electron chi connectivity index (χ0n) is 9.40. The molecule has 1 aliphatic rings. The van der Waals surface area contributed by atoms with E-state index < -0.39 is 0 Å². The first-order valence-electron chi connectivity index (χ1n) is 5.66. The highest BCUT2D eigenvalue weighted by atomic mass is 35.5. The SMILES string of the molecule is CC(C(=O)c1ccccc1)N1CCC(Cl)C1. The standard InChI is InChI=1S/C13H16ClNO/c1-10(15-8-7-12(14)9-15)13(16)11-5-3-2-4-6-11/h2-6,10,12H,7-9H2,1H3. The summed E-state index contributed by atoms with van der Waals surface area (Å²) < 4.78 is 0. The molecular weight excluding hydrogens is 222 g/mol. The van der Waals surface area contributed by atoms with Gasteiger partial charge in [-0.05, 0) is 13.3 Å². The monoisotopic (exact) mass is 237 g/mol. The van der Waals surface area contributed by atoms with Crippen molar-refractivity contribution in [2.24, 2.45) is 0 Å². The molecule has 0 bridgehead atoms. The largest absolute Gasteiger partial charge is 0.292 e. The molecule has 3 heteroatoms. The smallest absolute Gasteiger partial charge is 0.179 e. The number of carbonyl (C=O) groups excluding carboxylic acids is 1. The Balaban J connectivity index is 2.05. The Hall–Kier alpha value is -0.860. The Morgan fingerprint density at radius 2 is 2.12 bits per heavy atom. The second kappa shape index (κ2) is 4.98. The van der Waals surface area contributed by atoms with Crippen LogP contribution in [0.15, 0.2) is 30.3 Å². The topological polar surface area (TPSA) is 20.3 Å². The van der Waals surface area contributed by atoms with Crippen LogP contribution in [0.1, 0.15) is 23.7 Å². The van der Waals surface area contributed by atoms with Gasteiger partial charge in [0, 0.05) is 24.0 Å². The molecule has 0 aliphatic carbocycles. The van der Waals surface area contributed by atoms with Gasteiger partial charge in [-0.25, -0.2) is 0 Å². The van der Waals surface area contributed by atoms with E-state index in [-0.39, 0.29) is 17.2 Å². The number of likely N-dealkylation sites (tertiary alicyclic amines) is 1. The molecule has 1 aromatic rings. The molecule has 86 valence electrons. The Bertz CT molecular complexity index is 365. The van der Waals surface area contributed by atoms with Crippen LogP contribution in [0.2, 0.25) is 0 Å². The Labute approximate surface area is 101 Å². The first-order valence-corrected chi connectivity index (χ1v) is 6.09. The summed E-state index contributed by atoms with van der Waals surface area (Å²) in [5, 5.41) is 0.200. The average Bonchev–Trinajstić information content (AvgIpc) is 2.75. The summed E-state index contributed by atoms with van der Waals surface area (Å²) in [6.07, 6.45) is 0.980. The number of nitrogens with zero attached hydrogens (tertiary/aromatic N) is 1. The van der Waals surface area contributed by atoms with E-state index in [9.17, 15) is 4.79 Å². The Morgan fingerprint density at radius 1 is 1.44 bits per heavy atom. The van der Waals surface area contributed by atoms with Crippen molar-refractivity contribution in [1.82, 2.24) is 4.90 Å². The molecule has 0 spiro atoms. The van der Waals surface area contributed by atoms with Gasteiger partial charge in [0.25, 0.3) is 0 Å². The third-order valence-electron chi connectivity index (χ3n) is 3.15. The number of alkyl halides is 1. The molecule has 0 saturated carbocycles. The fourth-order valence-electron chi connectivity index (χ4n) is 2.10. The van der Waals surface area contributed by atoms with E-state index in [1.165, 1.54) is 0 Å². The number of ketones is 1. The first kappa shape index (κ1) is 11.6. The number of hydrogen-bond acceptors (Lipinski definition) is 2. The maximum atomic E-state index is 12.2.